The maximum Gasteiger partial charge on any atom is 0.170 e. The Kier molecular flexibility index (Phi) is 8.28. The Balaban J connectivity index is 2.93. The molecule has 0 radical (unpaired) electrons. The van der Waals surface area contributed by atoms with Crippen LogP contribution < -0.4 is 10.2 Å². The first-order chi connectivity index (χ1) is 10.2. The molecule has 0 aliphatic carbocycles. The van der Waals surface area contributed by atoms with Crippen LogP contribution in [0.25, 0.3) is 0 Å². The third-order valence-electron chi connectivity index (χ3n) is 3.84. The van der Waals surface area contributed by atoms with Gasteiger partial charge in [0.1, 0.15) is 0 Å². The summed E-state index contributed by atoms with van der Waals surface area (Å²) in [7, 11) is 0. The van der Waals surface area contributed by atoms with Crippen molar-refractivity contribution >= 4 is 5.82 Å². The molecular formula is C17H30FN3. The van der Waals surface area contributed by atoms with Crippen LogP contribution in [0.5, 0.6) is 0 Å². The Labute approximate surface area is 129 Å². The average molecular weight is 295 g/mol. The molecule has 1 heterocycles. The third kappa shape index (κ3) is 5.27. The summed E-state index contributed by atoms with van der Waals surface area (Å²) < 4.78 is 14.7. The summed E-state index contributed by atoms with van der Waals surface area (Å²) in [5.41, 5.74) is 0.707. The fourth-order valence-electron chi connectivity index (χ4n) is 2.29. The molecule has 1 atom stereocenters. The number of nitrogens with zero attached hydrogens (tertiary/aromatic N) is 2. The minimum absolute atomic E-state index is 0.169. The Morgan fingerprint density at radius 2 is 2.05 bits per heavy atom. The predicted octanol–water partition coefficient (Wildman–Crippen LogP) is 4.13. The number of hydrogen-bond donors (Lipinski definition) is 1. The van der Waals surface area contributed by atoms with E-state index in [-0.39, 0.29) is 5.82 Å². The van der Waals surface area contributed by atoms with E-state index >= 15 is 0 Å². The molecule has 0 spiro atoms. The predicted molar refractivity (Wildman–Crippen MR) is 88.2 cm³/mol. The minimum atomic E-state index is -0.169. The number of anilines is 1. The summed E-state index contributed by atoms with van der Waals surface area (Å²) >= 11 is 0. The van der Waals surface area contributed by atoms with Gasteiger partial charge in [0.2, 0.25) is 0 Å². The van der Waals surface area contributed by atoms with Crippen LogP contribution in [0.4, 0.5) is 10.2 Å². The van der Waals surface area contributed by atoms with Gasteiger partial charge < -0.3 is 10.2 Å². The second-order valence-electron chi connectivity index (χ2n) is 5.59. The van der Waals surface area contributed by atoms with Crippen LogP contribution in [0.2, 0.25) is 0 Å². The monoisotopic (exact) mass is 295 g/mol. The van der Waals surface area contributed by atoms with Gasteiger partial charge in [-0.1, -0.05) is 27.2 Å². The summed E-state index contributed by atoms with van der Waals surface area (Å²) in [6.07, 6.45) is 5.93. The number of rotatable bonds is 10. The van der Waals surface area contributed by atoms with Crippen molar-refractivity contribution in [2.45, 2.75) is 66.0 Å². The van der Waals surface area contributed by atoms with Gasteiger partial charge in [0.25, 0.3) is 0 Å². The van der Waals surface area contributed by atoms with Crippen molar-refractivity contribution in [3.63, 3.8) is 0 Å². The van der Waals surface area contributed by atoms with Gasteiger partial charge in [-0.05, 0) is 38.8 Å². The van der Waals surface area contributed by atoms with Crippen LogP contribution in [0.3, 0.4) is 0 Å². The molecule has 3 nitrogen and oxygen atoms in total. The maximum absolute atomic E-state index is 14.7. The SMILES string of the molecule is CCCCN(c1nccc(CNCCC)c1F)C(C)CC. The molecule has 1 rings (SSSR count). The molecule has 0 amide bonds. The molecule has 0 aromatic carbocycles. The number of nitrogens with one attached hydrogen (secondary N) is 1. The number of aromatic nitrogens is 1. The number of unbranched alkanes of at least 4 members (excludes halogenated alkanes) is 1. The molecule has 1 aromatic rings. The van der Waals surface area contributed by atoms with E-state index in [9.17, 15) is 4.39 Å². The van der Waals surface area contributed by atoms with Crippen molar-refractivity contribution in [1.82, 2.24) is 10.3 Å². The van der Waals surface area contributed by atoms with Crippen LogP contribution in [0.15, 0.2) is 12.3 Å². The van der Waals surface area contributed by atoms with Crippen molar-refractivity contribution in [2.75, 3.05) is 18.0 Å². The van der Waals surface area contributed by atoms with Crippen LogP contribution >= 0.6 is 0 Å². The van der Waals surface area contributed by atoms with E-state index in [4.69, 9.17) is 0 Å². The summed E-state index contributed by atoms with van der Waals surface area (Å²) in [5, 5.41) is 3.26. The molecule has 120 valence electrons. The van der Waals surface area contributed by atoms with Gasteiger partial charge in [0.05, 0.1) is 0 Å². The van der Waals surface area contributed by atoms with Crippen molar-refractivity contribution in [1.29, 1.82) is 0 Å². The van der Waals surface area contributed by atoms with Gasteiger partial charge >= 0.3 is 0 Å². The molecule has 0 aliphatic rings. The largest absolute Gasteiger partial charge is 0.351 e. The van der Waals surface area contributed by atoms with E-state index in [1.54, 1.807) is 12.3 Å². The Bertz CT molecular complexity index is 409. The van der Waals surface area contributed by atoms with Gasteiger partial charge in [-0.3, -0.25) is 0 Å². The fourth-order valence-corrected chi connectivity index (χ4v) is 2.29. The molecule has 1 aromatic heterocycles. The smallest absolute Gasteiger partial charge is 0.170 e. The summed E-state index contributed by atoms with van der Waals surface area (Å²) in [6, 6.07) is 2.08. The first kappa shape index (κ1) is 17.9. The highest BCUT2D eigenvalue weighted by Gasteiger charge is 2.19. The summed E-state index contributed by atoms with van der Waals surface area (Å²) in [5.74, 6) is 0.339. The van der Waals surface area contributed by atoms with Gasteiger partial charge in [-0.15, -0.1) is 0 Å². The topological polar surface area (TPSA) is 28.2 Å². The lowest BCUT2D eigenvalue weighted by molar-refractivity contribution is 0.542. The molecule has 0 fully saturated rings. The quantitative estimate of drug-likeness (QED) is 0.658. The second-order valence-corrected chi connectivity index (χ2v) is 5.59. The highest BCUT2D eigenvalue weighted by molar-refractivity contribution is 5.44. The molecule has 0 saturated carbocycles. The van der Waals surface area contributed by atoms with Crippen molar-refractivity contribution in [3.05, 3.63) is 23.6 Å². The fraction of sp³-hybridized carbons (Fsp3) is 0.706. The summed E-state index contributed by atoms with van der Waals surface area (Å²) in [4.78, 5) is 6.43. The van der Waals surface area contributed by atoms with E-state index in [1.165, 1.54) is 0 Å². The molecule has 0 saturated heterocycles. The Hall–Kier alpha value is -1.16. The molecule has 1 N–H and O–H groups in total. The van der Waals surface area contributed by atoms with E-state index in [1.807, 2.05) is 0 Å². The number of hydrogen-bond acceptors (Lipinski definition) is 3. The lowest BCUT2D eigenvalue weighted by atomic mass is 10.1. The minimum Gasteiger partial charge on any atom is -0.351 e. The number of pyridine rings is 1. The van der Waals surface area contributed by atoms with Crippen LogP contribution in [-0.4, -0.2) is 24.1 Å². The van der Waals surface area contributed by atoms with Gasteiger partial charge in [-0.2, -0.15) is 0 Å². The van der Waals surface area contributed by atoms with Crippen molar-refractivity contribution < 1.29 is 4.39 Å². The Morgan fingerprint density at radius 1 is 1.29 bits per heavy atom. The summed E-state index contributed by atoms with van der Waals surface area (Å²) in [6.45, 7) is 10.9. The molecule has 1 unspecified atom stereocenters. The highest BCUT2D eigenvalue weighted by atomic mass is 19.1. The average Bonchev–Trinajstić information content (AvgIpc) is 2.50. The van der Waals surface area contributed by atoms with E-state index < -0.39 is 0 Å². The van der Waals surface area contributed by atoms with E-state index in [0.29, 0.717) is 24.0 Å². The van der Waals surface area contributed by atoms with Crippen molar-refractivity contribution in [2.24, 2.45) is 0 Å². The molecule has 4 heteroatoms. The van der Waals surface area contributed by atoms with Gasteiger partial charge in [-0.25, -0.2) is 9.37 Å². The molecular weight excluding hydrogens is 265 g/mol. The first-order valence-corrected chi connectivity index (χ1v) is 8.26. The zero-order valence-electron chi connectivity index (χ0n) is 14.0. The standard InChI is InChI=1S/C17H30FN3/c1-5-8-12-21(14(4)7-3)17-16(18)15(9-11-20-17)13-19-10-6-2/h9,11,14,19H,5-8,10,12-13H2,1-4H3. The highest BCUT2D eigenvalue weighted by Crippen LogP contribution is 2.23. The lowest BCUT2D eigenvalue weighted by Gasteiger charge is -2.30. The van der Waals surface area contributed by atoms with Crippen LogP contribution in [0.1, 0.15) is 58.9 Å². The molecule has 0 bridgehead atoms. The number of halogens is 1. The van der Waals surface area contributed by atoms with Crippen LogP contribution in [0, 0.1) is 5.82 Å². The maximum atomic E-state index is 14.7. The second kappa shape index (κ2) is 9.72. The molecule has 0 aliphatic heterocycles. The molecule has 21 heavy (non-hydrogen) atoms. The first-order valence-electron chi connectivity index (χ1n) is 8.26. The van der Waals surface area contributed by atoms with Crippen LogP contribution in [-0.2, 0) is 6.54 Å². The zero-order valence-corrected chi connectivity index (χ0v) is 14.0. The third-order valence-corrected chi connectivity index (χ3v) is 3.84. The van der Waals surface area contributed by atoms with E-state index in [0.717, 1.165) is 38.8 Å². The Morgan fingerprint density at radius 3 is 2.67 bits per heavy atom. The normalized spacial score (nSPS) is 12.4. The zero-order chi connectivity index (χ0) is 15.7. The van der Waals surface area contributed by atoms with Gasteiger partial charge in [0, 0.05) is 30.9 Å². The van der Waals surface area contributed by atoms with Crippen molar-refractivity contribution in [3.8, 4) is 0 Å². The lowest BCUT2D eigenvalue weighted by Crippen LogP contribution is -2.35. The van der Waals surface area contributed by atoms with Gasteiger partial charge in [0.15, 0.2) is 11.6 Å². The van der Waals surface area contributed by atoms with E-state index in [2.05, 4.69) is 42.9 Å².